The zero-order valence-corrected chi connectivity index (χ0v) is 13.7. The lowest BCUT2D eigenvalue weighted by molar-refractivity contribution is -0.133. The van der Waals surface area contributed by atoms with E-state index in [-0.39, 0.29) is 11.9 Å². The topological polar surface area (TPSA) is 44.4 Å². The normalized spacial score (nSPS) is 22.6. The minimum absolute atomic E-state index is 0.0624. The maximum Gasteiger partial charge on any atom is 0.240 e. The van der Waals surface area contributed by atoms with Crippen LogP contribution in [0, 0.1) is 0 Å². The van der Waals surface area contributed by atoms with Crippen molar-refractivity contribution in [3.05, 3.63) is 71.3 Å². The molecular weight excluding hydrogens is 298 g/mol. The molecule has 2 aliphatic rings. The Balaban J connectivity index is 1.30. The number of fused-ring (bicyclic) bond motifs is 1. The summed E-state index contributed by atoms with van der Waals surface area (Å²) in [4.78, 5) is 14.7. The molecule has 2 aliphatic heterocycles. The SMILES string of the molecule is O=C([C@@H]1C[C@H](NCc2ccccc2)CN1)N1Cc2ccccc2C1. The van der Waals surface area contributed by atoms with E-state index < -0.39 is 0 Å². The largest absolute Gasteiger partial charge is 0.333 e. The molecule has 0 aliphatic carbocycles. The van der Waals surface area contributed by atoms with Gasteiger partial charge in [-0.15, -0.1) is 0 Å². The van der Waals surface area contributed by atoms with Crippen LogP contribution in [0.5, 0.6) is 0 Å². The van der Waals surface area contributed by atoms with E-state index in [2.05, 4.69) is 47.0 Å². The molecule has 0 spiro atoms. The number of amides is 1. The van der Waals surface area contributed by atoms with E-state index in [1.807, 2.05) is 23.1 Å². The number of hydrogen-bond donors (Lipinski definition) is 2. The summed E-state index contributed by atoms with van der Waals surface area (Å²) in [6.45, 7) is 3.19. The van der Waals surface area contributed by atoms with E-state index in [1.54, 1.807) is 0 Å². The van der Waals surface area contributed by atoms with Crippen LogP contribution in [0.15, 0.2) is 54.6 Å². The Morgan fingerprint density at radius 2 is 1.71 bits per heavy atom. The lowest BCUT2D eigenvalue weighted by atomic mass is 10.1. The van der Waals surface area contributed by atoms with Gasteiger partial charge in [0, 0.05) is 32.2 Å². The quantitative estimate of drug-likeness (QED) is 0.906. The van der Waals surface area contributed by atoms with Gasteiger partial charge in [0.05, 0.1) is 6.04 Å². The van der Waals surface area contributed by atoms with Crippen LogP contribution < -0.4 is 10.6 Å². The summed E-state index contributed by atoms with van der Waals surface area (Å²) < 4.78 is 0. The molecule has 1 saturated heterocycles. The van der Waals surface area contributed by atoms with E-state index in [1.165, 1.54) is 16.7 Å². The van der Waals surface area contributed by atoms with E-state index in [0.29, 0.717) is 6.04 Å². The zero-order chi connectivity index (χ0) is 16.4. The van der Waals surface area contributed by atoms with Crippen molar-refractivity contribution < 1.29 is 4.79 Å². The first kappa shape index (κ1) is 15.4. The highest BCUT2D eigenvalue weighted by atomic mass is 16.2. The first-order valence-electron chi connectivity index (χ1n) is 8.66. The molecule has 2 atom stereocenters. The number of benzene rings is 2. The van der Waals surface area contributed by atoms with Crippen molar-refractivity contribution in [1.29, 1.82) is 0 Å². The molecule has 24 heavy (non-hydrogen) atoms. The fraction of sp³-hybridized carbons (Fsp3) is 0.350. The third kappa shape index (κ3) is 3.21. The fourth-order valence-electron chi connectivity index (χ4n) is 3.65. The number of carbonyl (C=O) groups excluding carboxylic acids is 1. The van der Waals surface area contributed by atoms with Gasteiger partial charge in [0.1, 0.15) is 0 Å². The number of nitrogens with zero attached hydrogens (tertiary/aromatic N) is 1. The van der Waals surface area contributed by atoms with E-state index in [4.69, 9.17) is 0 Å². The van der Waals surface area contributed by atoms with Crippen molar-refractivity contribution in [3.8, 4) is 0 Å². The molecule has 1 fully saturated rings. The molecule has 2 heterocycles. The van der Waals surface area contributed by atoms with Crippen LogP contribution in [0.25, 0.3) is 0 Å². The Bertz CT molecular complexity index is 691. The second-order valence-corrected chi connectivity index (χ2v) is 6.72. The van der Waals surface area contributed by atoms with Crippen LogP contribution in [0.1, 0.15) is 23.1 Å². The van der Waals surface area contributed by atoms with Crippen molar-refractivity contribution >= 4 is 5.91 Å². The second-order valence-electron chi connectivity index (χ2n) is 6.72. The molecule has 124 valence electrons. The van der Waals surface area contributed by atoms with Crippen LogP contribution in [-0.4, -0.2) is 29.4 Å². The van der Waals surface area contributed by atoms with Gasteiger partial charge in [-0.3, -0.25) is 4.79 Å². The minimum Gasteiger partial charge on any atom is -0.333 e. The molecule has 2 aromatic carbocycles. The van der Waals surface area contributed by atoms with Crippen molar-refractivity contribution in [1.82, 2.24) is 15.5 Å². The summed E-state index contributed by atoms with van der Waals surface area (Å²) in [6, 6.07) is 19.0. The van der Waals surface area contributed by atoms with Gasteiger partial charge in [0.2, 0.25) is 5.91 Å². The van der Waals surface area contributed by atoms with Gasteiger partial charge in [-0.05, 0) is 23.1 Å². The number of nitrogens with one attached hydrogen (secondary N) is 2. The Hall–Kier alpha value is -2.17. The molecule has 1 amide bonds. The molecule has 2 aromatic rings. The van der Waals surface area contributed by atoms with Gasteiger partial charge < -0.3 is 15.5 Å². The summed E-state index contributed by atoms with van der Waals surface area (Å²) in [5.74, 6) is 0.232. The average Bonchev–Trinajstić information content (AvgIpc) is 3.27. The van der Waals surface area contributed by atoms with Crippen LogP contribution in [0.3, 0.4) is 0 Å². The fourth-order valence-corrected chi connectivity index (χ4v) is 3.65. The van der Waals surface area contributed by atoms with Crippen molar-refractivity contribution in [2.24, 2.45) is 0 Å². The molecule has 4 rings (SSSR count). The zero-order valence-electron chi connectivity index (χ0n) is 13.7. The Morgan fingerprint density at radius 3 is 2.42 bits per heavy atom. The van der Waals surface area contributed by atoms with Crippen molar-refractivity contribution in [3.63, 3.8) is 0 Å². The maximum absolute atomic E-state index is 12.8. The van der Waals surface area contributed by atoms with Crippen molar-refractivity contribution in [2.45, 2.75) is 38.1 Å². The van der Waals surface area contributed by atoms with E-state index >= 15 is 0 Å². The Kier molecular flexibility index (Phi) is 4.32. The van der Waals surface area contributed by atoms with Crippen LogP contribution in [0.2, 0.25) is 0 Å². The van der Waals surface area contributed by atoms with Gasteiger partial charge in [-0.1, -0.05) is 54.6 Å². The highest BCUT2D eigenvalue weighted by Crippen LogP contribution is 2.24. The van der Waals surface area contributed by atoms with Gasteiger partial charge in [-0.25, -0.2) is 0 Å². The summed E-state index contributed by atoms with van der Waals surface area (Å²) in [5, 5.41) is 6.95. The van der Waals surface area contributed by atoms with Crippen LogP contribution in [0.4, 0.5) is 0 Å². The monoisotopic (exact) mass is 321 g/mol. The summed E-state index contributed by atoms with van der Waals surface area (Å²) in [5.41, 5.74) is 3.84. The Morgan fingerprint density at radius 1 is 1.04 bits per heavy atom. The standard InChI is InChI=1S/C20H23N3O/c24-20(23-13-16-8-4-5-9-17(16)14-23)19-10-18(12-22-19)21-11-15-6-2-1-3-7-15/h1-9,18-19,21-22H,10-14H2/t18-,19-/m0/s1. The van der Waals surface area contributed by atoms with Crippen LogP contribution >= 0.6 is 0 Å². The molecule has 0 unspecified atom stereocenters. The second kappa shape index (κ2) is 6.75. The third-order valence-corrected chi connectivity index (χ3v) is 5.02. The third-order valence-electron chi connectivity index (χ3n) is 5.02. The molecule has 0 bridgehead atoms. The van der Waals surface area contributed by atoms with Gasteiger partial charge in [0.15, 0.2) is 0 Å². The number of rotatable bonds is 4. The molecule has 2 N–H and O–H groups in total. The lowest BCUT2D eigenvalue weighted by Crippen LogP contribution is -2.40. The molecule has 4 nitrogen and oxygen atoms in total. The average molecular weight is 321 g/mol. The van der Waals surface area contributed by atoms with Crippen LogP contribution in [-0.2, 0) is 24.4 Å². The first-order valence-corrected chi connectivity index (χ1v) is 8.66. The summed E-state index contributed by atoms with van der Waals surface area (Å²) in [6.07, 6.45) is 0.860. The van der Waals surface area contributed by atoms with E-state index in [0.717, 1.165) is 32.6 Å². The van der Waals surface area contributed by atoms with E-state index in [9.17, 15) is 4.79 Å². The Labute approximate surface area is 142 Å². The molecule has 4 heteroatoms. The van der Waals surface area contributed by atoms with Gasteiger partial charge in [0.25, 0.3) is 0 Å². The van der Waals surface area contributed by atoms with Gasteiger partial charge >= 0.3 is 0 Å². The predicted molar refractivity (Wildman–Crippen MR) is 94.2 cm³/mol. The molecule has 0 saturated carbocycles. The highest BCUT2D eigenvalue weighted by molar-refractivity contribution is 5.83. The lowest BCUT2D eigenvalue weighted by Gasteiger charge is -2.20. The van der Waals surface area contributed by atoms with Crippen molar-refractivity contribution in [2.75, 3.05) is 6.54 Å². The smallest absolute Gasteiger partial charge is 0.240 e. The summed E-state index contributed by atoms with van der Waals surface area (Å²) in [7, 11) is 0. The molecular formula is C20H23N3O. The summed E-state index contributed by atoms with van der Waals surface area (Å²) >= 11 is 0. The maximum atomic E-state index is 12.8. The highest BCUT2D eigenvalue weighted by Gasteiger charge is 2.34. The first-order chi connectivity index (χ1) is 11.8. The molecule has 0 aromatic heterocycles. The number of hydrogen-bond acceptors (Lipinski definition) is 3. The number of carbonyl (C=O) groups is 1. The minimum atomic E-state index is -0.0624. The van der Waals surface area contributed by atoms with Gasteiger partial charge in [-0.2, -0.15) is 0 Å². The predicted octanol–water partition coefficient (Wildman–Crippen LogP) is 2.05. The molecule has 0 radical (unpaired) electrons.